The number of nitrogen functional groups attached to an aromatic ring is 1. The van der Waals surface area contributed by atoms with Crippen molar-refractivity contribution in [3.05, 3.63) is 109 Å². The van der Waals surface area contributed by atoms with Gasteiger partial charge in [-0.2, -0.15) is 5.26 Å². The number of fused-ring (bicyclic) bond motifs is 1. The van der Waals surface area contributed by atoms with E-state index in [0.29, 0.717) is 23.7 Å². The van der Waals surface area contributed by atoms with Crippen molar-refractivity contribution in [2.45, 2.75) is 6.54 Å². The molecule has 0 amide bonds. The van der Waals surface area contributed by atoms with E-state index in [0.717, 1.165) is 38.6 Å². The van der Waals surface area contributed by atoms with Gasteiger partial charge in [0.2, 0.25) is 0 Å². The molecular weight excluding hydrogens is 406 g/mol. The summed E-state index contributed by atoms with van der Waals surface area (Å²) in [4.78, 5) is 9.03. The highest BCUT2D eigenvalue weighted by Gasteiger charge is 2.19. The highest BCUT2D eigenvalue weighted by molar-refractivity contribution is 6.10. The van der Waals surface area contributed by atoms with Crippen molar-refractivity contribution >= 4 is 22.3 Å². The Morgan fingerprint density at radius 1 is 0.848 bits per heavy atom. The first-order valence-electron chi connectivity index (χ1n) is 10.7. The first-order chi connectivity index (χ1) is 16.2. The standard InChI is InChI=1S/C28H21N5/c29-15-25-26(21-14-22(30)18-31-17-21)24-13-7-12-23(20-10-5-2-6-11-20)27(24)28(33-25)32-16-19-8-3-1-4-9-19/h1-14,17-18H,16,30H2,(H,32,33). The van der Waals surface area contributed by atoms with Crippen molar-refractivity contribution in [3.8, 4) is 28.3 Å². The lowest BCUT2D eigenvalue weighted by atomic mass is 9.92. The zero-order chi connectivity index (χ0) is 22.6. The van der Waals surface area contributed by atoms with E-state index in [4.69, 9.17) is 10.7 Å². The van der Waals surface area contributed by atoms with Crippen LogP contribution in [0.25, 0.3) is 33.0 Å². The van der Waals surface area contributed by atoms with E-state index in [1.165, 1.54) is 0 Å². The van der Waals surface area contributed by atoms with Crippen molar-refractivity contribution in [3.63, 3.8) is 0 Å². The molecule has 0 spiro atoms. The molecule has 0 aliphatic carbocycles. The fourth-order valence-corrected chi connectivity index (χ4v) is 4.10. The minimum absolute atomic E-state index is 0.329. The Kier molecular flexibility index (Phi) is 5.40. The van der Waals surface area contributed by atoms with Gasteiger partial charge in [0.25, 0.3) is 0 Å². The van der Waals surface area contributed by atoms with E-state index < -0.39 is 0 Å². The molecule has 5 aromatic rings. The molecule has 0 radical (unpaired) electrons. The number of rotatable bonds is 5. The first-order valence-corrected chi connectivity index (χ1v) is 10.7. The van der Waals surface area contributed by atoms with E-state index in [-0.39, 0.29) is 0 Å². The summed E-state index contributed by atoms with van der Waals surface area (Å²) in [5.74, 6) is 0.672. The maximum absolute atomic E-state index is 10.0. The largest absolute Gasteiger partial charge is 0.397 e. The lowest BCUT2D eigenvalue weighted by Gasteiger charge is -2.17. The monoisotopic (exact) mass is 427 g/mol. The van der Waals surface area contributed by atoms with Crippen LogP contribution in [0.15, 0.2) is 97.3 Å². The fourth-order valence-electron chi connectivity index (χ4n) is 4.10. The molecule has 33 heavy (non-hydrogen) atoms. The number of nitrogens with two attached hydrogens (primary N) is 1. The van der Waals surface area contributed by atoms with Crippen LogP contribution in [0.4, 0.5) is 11.5 Å². The van der Waals surface area contributed by atoms with E-state index in [1.807, 2.05) is 54.6 Å². The van der Waals surface area contributed by atoms with Gasteiger partial charge in [-0.1, -0.05) is 78.9 Å². The molecule has 5 heteroatoms. The molecule has 0 aliphatic rings. The lowest BCUT2D eigenvalue weighted by Crippen LogP contribution is -2.05. The van der Waals surface area contributed by atoms with Crippen molar-refractivity contribution in [2.75, 3.05) is 11.1 Å². The molecule has 3 aromatic carbocycles. The second-order valence-electron chi connectivity index (χ2n) is 7.74. The lowest BCUT2D eigenvalue weighted by molar-refractivity contribution is 1.11. The summed E-state index contributed by atoms with van der Waals surface area (Å²) in [6.07, 6.45) is 3.32. The van der Waals surface area contributed by atoms with Gasteiger partial charge in [0.15, 0.2) is 5.69 Å². The smallest absolute Gasteiger partial charge is 0.151 e. The second-order valence-corrected chi connectivity index (χ2v) is 7.74. The molecule has 0 unspecified atom stereocenters. The number of hydrogen-bond donors (Lipinski definition) is 2. The van der Waals surface area contributed by atoms with Crippen molar-refractivity contribution in [1.82, 2.24) is 9.97 Å². The molecule has 0 saturated carbocycles. The average Bonchev–Trinajstić information content (AvgIpc) is 2.87. The van der Waals surface area contributed by atoms with Gasteiger partial charge in [0.1, 0.15) is 11.9 Å². The molecule has 2 aromatic heterocycles. The van der Waals surface area contributed by atoms with Crippen molar-refractivity contribution < 1.29 is 0 Å². The second kappa shape index (κ2) is 8.81. The minimum atomic E-state index is 0.329. The Bertz CT molecular complexity index is 1470. The van der Waals surface area contributed by atoms with Gasteiger partial charge in [-0.15, -0.1) is 0 Å². The molecule has 0 bridgehead atoms. The number of pyridine rings is 2. The van der Waals surface area contributed by atoms with Crippen molar-refractivity contribution in [1.29, 1.82) is 5.26 Å². The van der Waals surface area contributed by atoms with Gasteiger partial charge < -0.3 is 11.1 Å². The van der Waals surface area contributed by atoms with Crippen LogP contribution in [0, 0.1) is 11.3 Å². The summed E-state index contributed by atoms with van der Waals surface area (Å²) in [6, 6.07) is 30.6. The summed E-state index contributed by atoms with van der Waals surface area (Å²) in [5, 5.41) is 15.4. The topological polar surface area (TPSA) is 87.6 Å². The molecule has 0 fully saturated rings. The van der Waals surface area contributed by atoms with Crippen LogP contribution in [0.3, 0.4) is 0 Å². The Morgan fingerprint density at radius 2 is 1.61 bits per heavy atom. The van der Waals surface area contributed by atoms with Gasteiger partial charge in [-0.3, -0.25) is 4.98 Å². The Labute approximate surface area is 192 Å². The van der Waals surface area contributed by atoms with Gasteiger partial charge in [0, 0.05) is 35.5 Å². The third-order valence-corrected chi connectivity index (χ3v) is 5.57. The highest BCUT2D eigenvalue weighted by atomic mass is 15.0. The minimum Gasteiger partial charge on any atom is -0.397 e. The molecule has 2 heterocycles. The number of anilines is 2. The summed E-state index contributed by atoms with van der Waals surface area (Å²) in [5.41, 5.74) is 11.6. The first kappa shape index (κ1) is 20.2. The number of nitrogens with zero attached hydrogens (tertiary/aromatic N) is 3. The van der Waals surface area contributed by atoms with Crippen LogP contribution in [0.2, 0.25) is 0 Å². The molecule has 0 aliphatic heterocycles. The Morgan fingerprint density at radius 3 is 2.33 bits per heavy atom. The SMILES string of the molecule is N#Cc1nc(NCc2ccccc2)c2c(-c3ccccc3)cccc2c1-c1cncc(N)c1. The van der Waals surface area contributed by atoms with Gasteiger partial charge in [-0.25, -0.2) is 4.98 Å². The van der Waals surface area contributed by atoms with E-state index in [1.54, 1.807) is 12.4 Å². The predicted molar refractivity (Wildman–Crippen MR) is 133 cm³/mol. The predicted octanol–water partition coefficient (Wildman–Crippen LogP) is 6.03. The Balaban J connectivity index is 1.78. The number of nitriles is 1. The summed E-state index contributed by atoms with van der Waals surface area (Å²) in [6.45, 7) is 0.593. The quantitative estimate of drug-likeness (QED) is 0.358. The Hall–Kier alpha value is -4.69. The van der Waals surface area contributed by atoms with Crippen molar-refractivity contribution in [2.24, 2.45) is 0 Å². The molecular formula is C28H21N5. The molecule has 0 saturated heterocycles. The molecule has 158 valence electrons. The number of benzene rings is 3. The van der Waals surface area contributed by atoms with Crippen LogP contribution < -0.4 is 11.1 Å². The van der Waals surface area contributed by atoms with Gasteiger partial charge in [0.05, 0.1) is 5.69 Å². The summed E-state index contributed by atoms with van der Waals surface area (Å²) >= 11 is 0. The third-order valence-electron chi connectivity index (χ3n) is 5.57. The normalized spacial score (nSPS) is 10.6. The van der Waals surface area contributed by atoms with E-state index in [2.05, 4.69) is 46.7 Å². The third kappa shape index (κ3) is 3.98. The molecule has 3 N–H and O–H groups in total. The van der Waals surface area contributed by atoms with Crippen LogP contribution in [-0.4, -0.2) is 9.97 Å². The number of hydrogen-bond acceptors (Lipinski definition) is 5. The molecule has 5 rings (SSSR count). The van der Waals surface area contributed by atoms with E-state index in [9.17, 15) is 5.26 Å². The molecule has 0 atom stereocenters. The van der Waals surface area contributed by atoms with Crippen LogP contribution in [-0.2, 0) is 6.54 Å². The van der Waals surface area contributed by atoms with Gasteiger partial charge in [-0.05, 0) is 28.1 Å². The van der Waals surface area contributed by atoms with Crippen LogP contribution in [0.5, 0.6) is 0 Å². The number of nitrogens with one attached hydrogen (secondary N) is 1. The van der Waals surface area contributed by atoms with E-state index >= 15 is 0 Å². The summed E-state index contributed by atoms with van der Waals surface area (Å²) in [7, 11) is 0. The van der Waals surface area contributed by atoms with Crippen LogP contribution >= 0.6 is 0 Å². The van der Waals surface area contributed by atoms with Crippen LogP contribution in [0.1, 0.15) is 11.3 Å². The number of aromatic nitrogens is 2. The maximum atomic E-state index is 10.0. The van der Waals surface area contributed by atoms with Gasteiger partial charge >= 0.3 is 0 Å². The highest BCUT2D eigenvalue weighted by Crippen LogP contribution is 2.40. The zero-order valence-corrected chi connectivity index (χ0v) is 17.9. The zero-order valence-electron chi connectivity index (χ0n) is 17.9. The fraction of sp³-hybridized carbons (Fsp3) is 0.0357. The molecule has 5 nitrogen and oxygen atoms in total. The summed E-state index contributed by atoms with van der Waals surface area (Å²) < 4.78 is 0. The maximum Gasteiger partial charge on any atom is 0.151 e. The average molecular weight is 428 g/mol.